The lowest BCUT2D eigenvalue weighted by Crippen LogP contribution is -2.18. The third kappa shape index (κ3) is 5.83. The van der Waals surface area contributed by atoms with Crippen molar-refractivity contribution in [3.63, 3.8) is 0 Å². The molecule has 0 unspecified atom stereocenters. The van der Waals surface area contributed by atoms with E-state index < -0.39 is 0 Å². The van der Waals surface area contributed by atoms with E-state index in [2.05, 4.69) is 109 Å². The van der Waals surface area contributed by atoms with Crippen molar-refractivity contribution in [1.82, 2.24) is 9.80 Å². The van der Waals surface area contributed by atoms with Crippen LogP contribution in [0.25, 0.3) is 0 Å². The van der Waals surface area contributed by atoms with E-state index in [1.165, 1.54) is 22.3 Å². The number of rotatable bonds is 8. The fraction of sp³-hybridized carbons (Fsp3) is 0.250. The van der Waals surface area contributed by atoms with Gasteiger partial charge in [-0.15, -0.1) is 0 Å². The van der Waals surface area contributed by atoms with Gasteiger partial charge in [0.2, 0.25) is 0 Å². The van der Waals surface area contributed by atoms with E-state index >= 15 is 0 Å². The Morgan fingerprint density at radius 1 is 0.423 bits per heavy atom. The molecule has 3 rings (SSSR count). The van der Waals surface area contributed by atoms with Crippen LogP contribution < -0.4 is 0 Å². The Labute approximate surface area is 157 Å². The molecule has 26 heavy (non-hydrogen) atoms. The molecule has 0 aliphatic carbocycles. The van der Waals surface area contributed by atoms with E-state index in [9.17, 15) is 0 Å². The second kappa shape index (κ2) is 9.33. The van der Waals surface area contributed by atoms with Gasteiger partial charge in [0.15, 0.2) is 0 Å². The third-order valence-electron chi connectivity index (χ3n) is 4.52. The maximum Gasteiger partial charge on any atom is 0.0234 e. The predicted octanol–water partition coefficient (Wildman–Crippen LogP) is 4.95. The molecular formula is C24H28N2. The van der Waals surface area contributed by atoms with Crippen LogP contribution in [0.3, 0.4) is 0 Å². The predicted molar refractivity (Wildman–Crippen MR) is 110 cm³/mol. The van der Waals surface area contributed by atoms with Gasteiger partial charge in [0, 0.05) is 26.2 Å². The quantitative estimate of drug-likeness (QED) is 0.570. The molecule has 2 nitrogen and oxygen atoms in total. The van der Waals surface area contributed by atoms with Crippen molar-refractivity contribution in [2.45, 2.75) is 26.2 Å². The topological polar surface area (TPSA) is 6.48 Å². The summed E-state index contributed by atoms with van der Waals surface area (Å²) < 4.78 is 0. The van der Waals surface area contributed by atoms with E-state index in [4.69, 9.17) is 0 Å². The monoisotopic (exact) mass is 344 g/mol. The lowest BCUT2D eigenvalue weighted by atomic mass is 10.1. The van der Waals surface area contributed by atoms with Crippen molar-refractivity contribution in [3.8, 4) is 0 Å². The van der Waals surface area contributed by atoms with Gasteiger partial charge >= 0.3 is 0 Å². The molecule has 0 amide bonds. The zero-order valence-electron chi connectivity index (χ0n) is 15.8. The van der Waals surface area contributed by atoms with E-state index in [1.807, 2.05) is 0 Å². The van der Waals surface area contributed by atoms with Crippen LogP contribution in [0.15, 0.2) is 84.9 Å². The zero-order valence-corrected chi connectivity index (χ0v) is 15.8. The summed E-state index contributed by atoms with van der Waals surface area (Å²) in [5.74, 6) is 0. The van der Waals surface area contributed by atoms with Gasteiger partial charge in [0.25, 0.3) is 0 Å². The van der Waals surface area contributed by atoms with Crippen LogP contribution in [0.1, 0.15) is 22.3 Å². The summed E-state index contributed by atoms with van der Waals surface area (Å²) in [4.78, 5) is 4.71. The fourth-order valence-corrected chi connectivity index (χ4v) is 3.28. The van der Waals surface area contributed by atoms with Crippen molar-refractivity contribution in [2.24, 2.45) is 0 Å². The maximum absolute atomic E-state index is 2.35. The number of hydrogen-bond acceptors (Lipinski definition) is 2. The van der Waals surface area contributed by atoms with Crippen LogP contribution in [0, 0.1) is 0 Å². The molecular weight excluding hydrogens is 316 g/mol. The van der Waals surface area contributed by atoms with Crippen LogP contribution in [-0.2, 0) is 26.2 Å². The summed E-state index contributed by atoms with van der Waals surface area (Å²) >= 11 is 0. The first-order valence-electron chi connectivity index (χ1n) is 9.22. The first-order valence-corrected chi connectivity index (χ1v) is 9.22. The van der Waals surface area contributed by atoms with Gasteiger partial charge in [0.1, 0.15) is 0 Å². The molecule has 0 radical (unpaired) electrons. The van der Waals surface area contributed by atoms with Crippen molar-refractivity contribution in [1.29, 1.82) is 0 Å². The highest BCUT2D eigenvalue weighted by atomic mass is 15.1. The summed E-state index contributed by atoms with van der Waals surface area (Å²) in [6.45, 7) is 3.88. The molecule has 0 aromatic heterocycles. The largest absolute Gasteiger partial charge is 0.298 e. The van der Waals surface area contributed by atoms with Gasteiger partial charge < -0.3 is 0 Å². The lowest BCUT2D eigenvalue weighted by Gasteiger charge is -2.19. The smallest absolute Gasteiger partial charge is 0.0234 e. The highest BCUT2D eigenvalue weighted by molar-refractivity contribution is 5.23. The van der Waals surface area contributed by atoms with Gasteiger partial charge in [0.05, 0.1) is 0 Å². The Morgan fingerprint density at radius 2 is 0.692 bits per heavy atom. The molecule has 0 N–H and O–H groups in total. The molecule has 0 bridgehead atoms. The molecule has 134 valence electrons. The van der Waals surface area contributed by atoms with Gasteiger partial charge in [-0.2, -0.15) is 0 Å². The van der Waals surface area contributed by atoms with Crippen LogP contribution in [0.4, 0.5) is 0 Å². The second-order valence-electron chi connectivity index (χ2n) is 7.13. The number of hydrogen-bond donors (Lipinski definition) is 0. The zero-order chi connectivity index (χ0) is 18.2. The van der Waals surface area contributed by atoms with Gasteiger partial charge in [-0.1, -0.05) is 84.9 Å². The van der Waals surface area contributed by atoms with Gasteiger partial charge in [-0.05, 0) is 36.3 Å². The second-order valence-corrected chi connectivity index (χ2v) is 7.13. The summed E-state index contributed by atoms with van der Waals surface area (Å²) in [7, 11) is 4.35. The Hall–Kier alpha value is -2.42. The van der Waals surface area contributed by atoms with Crippen LogP contribution in [0.2, 0.25) is 0 Å². The minimum absolute atomic E-state index is 0.967. The fourth-order valence-electron chi connectivity index (χ4n) is 3.28. The van der Waals surface area contributed by atoms with Crippen LogP contribution in [-0.4, -0.2) is 23.9 Å². The molecule has 0 saturated heterocycles. The van der Waals surface area contributed by atoms with E-state index in [1.54, 1.807) is 0 Å². The summed E-state index contributed by atoms with van der Waals surface area (Å²) in [6.07, 6.45) is 0. The summed E-state index contributed by atoms with van der Waals surface area (Å²) in [5, 5.41) is 0. The van der Waals surface area contributed by atoms with E-state index in [0.29, 0.717) is 0 Å². The molecule has 0 aliphatic rings. The van der Waals surface area contributed by atoms with Gasteiger partial charge in [-0.3, -0.25) is 9.80 Å². The first kappa shape index (κ1) is 18.4. The Balaban J connectivity index is 1.50. The van der Waals surface area contributed by atoms with Crippen molar-refractivity contribution in [3.05, 3.63) is 107 Å². The Morgan fingerprint density at radius 3 is 1.00 bits per heavy atom. The highest BCUT2D eigenvalue weighted by Crippen LogP contribution is 2.12. The van der Waals surface area contributed by atoms with Crippen LogP contribution >= 0.6 is 0 Å². The Kier molecular flexibility index (Phi) is 6.59. The molecule has 0 heterocycles. The van der Waals surface area contributed by atoms with Crippen molar-refractivity contribution in [2.75, 3.05) is 14.1 Å². The standard InChI is InChI=1S/C24H28N2/c1-25(17-21-9-5-3-6-10-21)19-23-13-15-24(16-14-23)20-26(2)18-22-11-7-4-8-12-22/h3-16H,17-20H2,1-2H3. The van der Waals surface area contributed by atoms with Crippen LogP contribution in [0.5, 0.6) is 0 Å². The first-order chi connectivity index (χ1) is 12.7. The number of nitrogens with zero attached hydrogens (tertiary/aromatic N) is 2. The summed E-state index contributed by atoms with van der Waals surface area (Å²) in [5.41, 5.74) is 5.43. The maximum atomic E-state index is 2.35. The molecule has 0 fully saturated rings. The molecule has 3 aromatic carbocycles. The molecule has 0 saturated carbocycles. The average molecular weight is 345 g/mol. The van der Waals surface area contributed by atoms with Crippen molar-refractivity contribution >= 4 is 0 Å². The van der Waals surface area contributed by atoms with Crippen molar-refractivity contribution < 1.29 is 0 Å². The minimum atomic E-state index is 0.967. The normalized spacial score (nSPS) is 11.2. The minimum Gasteiger partial charge on any atom is -0.298 e. The number of benzene rings is 3. The van der Waals surface area contributed by atoms with Gasteiger partial charge in [-0.25, -0.2) is 0 Å². The molecule has 3 aromatic rings. The average Bonchev–Trinajstić information content (AvgIpc) is 2.65. The molecule has 0 aliphatic heterocycles. The van der Waals surface area contributed by atoms with E-state index in [-0.39, 0.29) is 0 Å². The molecule has 0 atom stereocenters. The summed E-state index contributed by atoms with van der Waals surface area (Å²) in [6, 6.07) is 30.3. The Bertz CT molecular complexity index is 698. The highest BCUT2D eigenvalue weighted by Gasteiger charge is 2.04. The SMILES string of the molecule is CN(Cc1ccccc1)Cc1ccc(CN(C)Cc2ccccc2)cc1. The lowest BCUT2D eigenvalue weighted by molar-refractivity contribution is 0.316. The molecule has 2 heteroatoms. The third-order valence-corrected chi connectivity index (χ3v) is 4.52. The molecule has 0 spiro atoms. The van der Waals surface area contributed by atoms with E-state index in [0.717, 1.165) is 26.2 Å².